The van der Waals surface area contributed by atoms with Crippen molar-refractivity contribution < 1.29 is 9.21 Å². The lowest BCUT2D eigenvalue weighted by molar-refractivity contribution is -0.117. The molecule has 1 amide bonds. The Kier molecular flexibility index (Phi) is 5.71. The summed E-state index contributed by atoms with van der Waals surface area (Å²) in [5.74, 6) is 1.20. The highest BCUT2D eigenvalue weighted by Gasteiger charge is 2.22. The number of rotatable bonds is 6. The molecule has 1 aliphatic rings. The van der Waals surface area contributed by atoms with Gasteiger partial charge in [-0.3, -0.25) is 4.79 Å². The molecule has 2 N–H and O–H groups in total. The summed E-state index contributed by atoms with van der Waals surface area (Å²) in [5, 5.41) is 7.00. The van der Waals surface area contributed by atoms with Gasteiger partial charge in [0.2, 0.25) is 5.91 Å². The summed E-state index contributed by atoms with van der Waals surface area (Å²) >= 11 is 5.34. The van der Waals surface area contributed by atoms with E-state index in [1.54, 1.807) is 6.26 Å². The van der Waals surface area contributed by atoms with Gasteiger partial charge in [-0.1, -0.05) is 0 Å². The van der Waals surface area contributed by atoms with Gasteiger partial charge in [-0.15, -0.1) is 0 Å². The van der Waals surface area contributed by atoms with E-state index in [-0.39, 0.29) is 5.91 Å². The Labute approximate surface area is 153 Å². The summed E-state index contributed by atoms with van der Waals surface area (Å²) in [5.41, 5.74) is 2.99. The number of nitrogens with zero attached hydrogens (tertiary/aromatic N) is 1. The molecule has 1 aliphatic heterocycles. The summed E-state index contributed by atoms with van der Waals surface area (Å²) in [6.07, 6.45) is 5.11. The lowest BCUT2D eigenvalue weighted by atomic mass is 10.1. The molecule has 1 saturated heterocycles. The van der Waals surface area contributed by atoms with Gasteiger partial charge in [-0.25, -0.2) is 0 Å². The number of benzene rings is 1. The fraction of sp³-hybridized carbons (Fsp3) is 0.368. The Morgan fingerprint density at radius 2 is 2.24 bits per heavy atom. The highest BCUT2D eigenvalue weighted by molar-refractivity contribution is 7.80. The molecule has 0 radical (unpaired) electrons. The Hall–Kier alpha value is -2.34. The monoisotopic (exact) mass is 357 g/mol. The van der Waals surface area contributed by atoms with Crippen LogP contribution in [0.25, 0.3) is 0 Å². The van der Waals surface area contributed by atoms with E-state index in [0.29, 0.717) is 11.5 Å². The standard InChI is InChI=1S/C19H23N3O2S/c1-14-13-15(8-9-17(14)22-11-3-7-18(22)23)21-19(25)20-10-2-5-16-6-4-12-24-16/h4,6,8-9,12-13H,2-3,5,7,10-11H2,1H3,(H2,20,21,25). The van der Waals surface area contributed by atoms with Gasteiger partial charge in [0.1, 0.15) is 5.76 Å². The third kappa shape index (κ3) is 4.60. The van der Waals surface area contributed by atoms with E-state index >= 15 is 0 Å². The van der Waals surface area contributed by atoms with Crippen LogP contribution >= 0.6 is 12.2 Å². The van der Waals surface area contributed by atoms with Crippen LogP contribution in [0.4, 0.5) is 11.4 Å². The molecule has 0 bridgehead atoms. The first-order valence-corrected chi connectivity index (χ1v) is 9.02. The van der Waals surface area contributed by atoms with Crippen LogP contribution in [0.5, 0.6) is 0 Å². The molecule has 1 aromatic carbocycles. The molecule has 0 unspecified atom stereocenters. The van der Waals surface area contributed by atoms with Crippen molar-refractivity contribution in [3.8, 4) is 0 Å². The van der Waals surface area contributed by atoms with Gasteiger partial charge < -0.3 is 20.0 Å². The molecule has 3 rings (SSSR count). The number of carbonyl (C=O) groups excluding carboxylic acids is 1. The summed E-state index contributed by atoms with van der Waals surface area (Å²) in [6, 6.07) is 9.85. The van der Waals surface area contributed by atoms with Crippen LogP contribution in [0.2, 0.25) is 0 Å². The maximum Gasteiger partial charge on any atom is 0.227 e. The minimum atomic E-state index is 0.206. The van der Waals surface area contributed by atoms with Gasteiger partial charge in [-0.05, 0) is 67.9 Å². The van der Waals surface area contributed by atoms with E-state index in [4.69, 9.17) is 16.6 Å². The van der Waals surface area contributed by atoms with Gasteiger partial charge in [0.25, 0.3) is 0 Å². The molecular weight excluding hydrogens is 334 g/mol. The first kappa shape index (κ1) is 17.5. The molecule has 2 aromatic rings. The lowest BCUT2D eigenvalue weighted by Gasteiger charge is -2.19. The molecule has 1 aromatic heterocycles. The van der Waals surface area contributed by atoms with Crippen molar-refractivity contribution >= 4 is 34.6 Å². The number of thiocarbonyl (C=S) groups is 1. The Morgan fingerprint density at radius 1 is 1.36 bits per heavy atom. The number of carbonyl (C=O) groups is 1. The normalized spacial score (nSPS) is 14.0. The largest absolute Gasteiger partial charge is 0.469 e. The summed E-state index contributed by atoms with van der Waals surface area (Å²) < 4.78 is 5.31. The number of nitrogens with one attached hydrogen (secondary N) is 2. The Balaban J connectivity index is 1.48. The van der Waals surface area contributed by atoms with Gasteiger partial charge in [0, 0.05) is 37.3 Å². The van der Waals surface area contributed by atoms with Crippen molar-refractivity contribution in [3.63, 3.8) is 0 Å². The van der Waals surface area contributed by atoms with Crippen LogP contribution in [-0.4, -0.2) is 24.1 Å². The van der Waals surface area contributed by atoms with Crippen LogP contribution in [0.1, 0.15) is 30.6 Å². The second-order valence-electron chi connectivity index (χ2n) is 6.21. The minimum Gasteiger partial charge on any atom is -0.469 e. The van der Waals surface area contributed by atoms with Crippen LogP contribution < -0.4 is 15.5 Å². The van der Waals surface area contributed by atoms with Crippen LogP contribution in [-0.2, 0) is 11.2 Å². The molecule has 2 heterocycles. The molecule has 1 fully saturated rings. The van der Waals surface area contributed by atoms with E-state index in [1.165, 1.54) is 0 Å². The highest BCUT2D eigenvalue weighted by atomic mass is 32.1. The van der Waals surface area contributed by atoms with Gasteiger partial charge >= 0.3 is 0 Å². The molecular formula is C19H23N3O2S. The van der Waals surface area contributed by atoms with Crippen molar-refractivity contribution in [2.75, 3.05) is 23.3 Å². The maximum atomic E-state index is 11.9. The number of hydrogen-bond donors (Lipinski definition) is 2. The average Bonchev–Trinajstić information content (AvgIpc) is 3.24. The maximum absolute atomic E-state index is 11.9. The van der Waals surface area contributed by atoms with Crippen molar-refractivity contribution in [3.05, 3.63) is 47.9 Å². The summed E-state index contributed by atoms with van der Waals surface area (Å²) in [6.45, 7) is 3.61. The summed E-state index contributed by atoms with van der Waals surface area (Å²) in [7, 11) is 0. The molecule has 0 aliphatic carbocycles. The first-order valence-electron chi connectivity index (χ1n) is 8.62. The Bertz CT molecular complexity index is 743. The molecule has 0 saturated carbocycles. The third-order valence-electron chi connectivity index (χ3n) is 4.28. The number of hydrogen-bond acceptors (Lipinski definition) is 3. The molecule has 0 atom stereocenters. The van der Waals surface area contributed by atoms with Crippen LogP contribution in [0.3, 0.4) is 0 Å². The minimum absolute atomic E-state index is 0.206. The fourth-order valence-corrected chi connectivity index (χ4v) is 3.25. The number of amides is 1. The number of aryl methyl sites for hydroxylation is 2. The van der Waals surface area contributed by atoms with E-state index < -0.39 is 0 Å². The molecule has 0 spiro atoms. The second kappa shape index (κ2) is 8.16. The van der Waals surface area contributed by atoms with Gasteiger partial charge in [0.05, 0.1) is 6.26 Å². The highest BCUT2D eigenvalue weighted by Crippen LogP contribution is 2.27. The SMILES string of the molecule is Cc1cc(NC(=S)NCCCc2ccco2)ccc1N1CCCC1=O. The van der Waals surface area contributed by atoms with E-state index in [2.05, 4.69) is 10.6 Å². The quantitative estimate of drug-likeness (QED) is 0.611. The first-order chi connectivity index (χ1) is 12.1. The topological polar surface area (TPSA) is 57.5 Å². The smallest absolute Gasteiger partial charge is 0.227 e. The molecule has 25 heavy (non-hydrogen) atoms. The van der Waals surface area contributed by atoms with E-state index in [0.717, 1.165) is 55.1 Å². The molecule has 132 valence electrons. The zero-order valence-electron chi connectivity index (χ0n) is 14.4. The summed E-state index contributed by atoms with van der Waals surface area (Å²) in [4.78, 5) is 13.8. The number of furan rings is 1. The predicted molar refractivity (Wildman–Crippen MR) is 104 cm³/mol. The van der Waals surface area contributed by atoms with E-state index in [9.17, 15) is 4.79 Å². The third-order valence-corrected chi connectivity index (χ3v) is 4.53. The zero-order chi connectivity index (χ0) is 17.6. The predicted octanol–water partition coefficient (Wildman–Crippen LogP) is 3.63. The lowest BCUT2D eigenvalue weighted by Crippen LogP contribution is -2.29. The fourth-order valence-electron chi connectivity index (χ4n) is 3.03. The van der Waals surface area contributed by atoms with Crippen molar-refractivity contribution in [2.45, 2.75) is 32.6 Å². The average molecular weight is 357 g/mol. The molecule has 6 heteroatoms. The van der Waals surface area contributed by atoms with Gasteiger partial charge in [0.15, 0.2) is 5.11 Å². The number of anilines is 2. The second-order valence-corrected chi connectivity index (χ2v) is 6.62. The van der Waals surface area contributed by atoms with E-state index in [1.807, 2.05) is 42.2 Å². The van der Waals surface area contributed by atoms with Crippen LogP contribution in [0, 0.1) is 6.92 Å². The molecule has 5 nitrogen and oxygen atoms in total. The van der Waals surface area contributed by atoms with Crippen molar-refractivity contribution in [2.24, 2.45) is 0 Å². The van der Waals surface area contributed by atoms with Gasteiger partial charge in [-0.2, -0.15) is 0 Å². The van der Waals surface area contributed by atoms with Crippen LogP contribution in [0.15, 0.2) is 41.0 Å². The van der Waals surface area contributed by atoms with Crippen molar-refractivity contribution in [1.29, 1.82) is 0 Å². The zero-order valence-corrected chi connectivity index (χ0v) is 15.2. The Morgan fingerprint density at radius 3 is 2.92 bits per heavy atom. The van der Waals surface area contributed by atoms with Crippen molar-refractivity contribution in [1.82, 2.24) is 5.32 Å².